The molecule has 7 nitrogen and oxygen atoms in total. The van der Waals surface area contributed by atoms with Gasteiger partial charge in [-0.05, 0) is 32.0 Å². The highest BCUT2D eigenvalue weighted by Gasteiger charge is 2.08. The van der Waals surface area contributed by atoms with E-state index >= 15 is 0 Å². The van der Waals surface area contributed by atoms with Crippen molar-refractivity contribution in [1.82, 2.24) is 20.6 Å². The molecule has 0 saturated carbocycles. The second-order valence-corrected chi connectivity index (χ2v) is 6.42. The highest BCUT2D eigenvalue weighted by atomic mass is 19.2. The molecule has 4 N–H and O–H groups in total. The first kappa shape index (κ1) is 23.0. The number of unbranched alkanes of at least 4 members (excludes halogenated alkanes) is 1. The Labute approximate surface area is 175 Å². The van der Waals surface area contributed by atoms with Gasteiger partial charge in [0.2, 0.25) is 11.9 Å². The Hall–Kier alpha value is -3.25. The Morgan fingerprint density at radius 2 is 2.03 bits per heavy atom. The molecule has 160 valence electrons. The third kappa shape index (κ3) is 7.64. The molecule has 0 bridgehead atoms. The summed E-state index contributed by atoms with van der Waals surface area (Å²) in [6, 6.07) is 3.49. The number of carbonyl (C=O) groups is 1. The molecule has 0 unspecified atom stereocenters. The summed E-state index contributed by atoms with van der Waals surface area (Å²) < 4.78 is 26.5. The normalized spacial score (nSPS) is 10.1. The lowest BCUT2D eigenvalue weighted by Gasteiger charge is -2.10. The van der Waals surface area contributed by atoms with Crippen LogP contribution in [0.5, 0.6) is 0 Å². The van der Waals surface area contributed by atoms with Crippen LogP contribution in [0.25, 0.3) is 0 Å². The Bertz CT molecular complexity index is 910. The van der Waals surface area contributed by atoms with Crippen molar-refractivity contribution in [3.8, 4) is 11.8 Å². The van der Waals surface area contributed by atoms with Crippen molar-refractivity contribution in [2.45, 2.75) is 26.2 Å². The van der Waals surface area contributed by atoms with Crippen molar-refractivity contribution in [3.05, 3.63) is 41.6 Å². The minimum absolute atomic E-state index is 0.0472. The van der Waals surface area contributed by atoms with Crippen LogP contribution in [0.2, 0.25) is 0 Å². The third-order valence-electron chi connectivity index (χ3n) is 3.87. The number of anilines is 3. The average Bonchev–Trinajstić information content (AvgIpc) is 2.73. The van der Waals surface area contributed by atoms with Gasteiger partial charge >= 0.3 is 0 Å². The van der Waals surface area contributed by atoms with Gasteiger partial charge in [0, 0.05) is 31.3 Å². The minimum atomic E-state index is -0.950. The van der Waals surface area contributed by atoms with Gasteiger partial charge in [-0.1, -0.05) is 18.8 Å². The third-order valence-corrected chi connectivity index (χ3v) is 3.87. The van der Waals surface area contributed by atoms with E-state index in [-0.39, 0.29) is 11.9 Å². The number of likely N-dealkylation sites (N-methyl/N-ethyl adjacent to an activating group) is 1. The van der Waals surface area contributed by atoms with E-state index in [9.17, 15) is 13.6 Å². The topological polar surface area (TPSA) is 91.0 Å². The molecule has 1 amide bonds. The van der Waals surface area contributed by atoms with E-state index in [1.807, 2.05) is 6.92 Å². The zero-order chi connectivity index (χ0) is 21.8. The average molecular weight is 416 g/mol. The molecule has 0 atom stereocenters. The van der Waals surface area contributed by atoms with Crippen LogP contribution in [-0.4, -0.2) is 42.6 Å². The van der Waals surface area contributed by atoms with Crippen LogP contribution >= 0.6 is 0 Å². The monoisotopic (exact) mass is 416 g/mol. The van der Waals surface area contributed by atoms with Crippen LogP contribution in [-0.2, 0) is 4.79 Å². The Morgan fingerprint density at radius 1 is 1.20 bits per heavy atom. The van der Waals surface area contributed by atoms with E-state index in [0.29, 0.717) is 43.1 Å². The first-order valence-electron chi connectivity index (χ1n) is 9.76. The number of hydrogen-bond donors (Lipinski definition) is 4. The van der Waals surface area contributed by atoms with Gasteiger partial charge in [0.25, 0.3) is 0 Å². The molecule has 0 radical (unpaired) electrons. The summed E-state index contributed by atoms with van der Waals surface area (Å²) in [6.45, 7) is 3.58. The van der Waals surface area contributed by atoms with Gasteiger partial charge in [-0.3, -0.25) is 4.79 Å². The Kier molecular flexibility index (Phi) is 9.48. The number of nitrogens with zero attached hydrogens (tertiary/aromatic N) is 2. The van der Waals surface area contributed by atoms with Crippen LogP contribution in [0.3, 0.4) is 0 Å². The summed E-state index contributed by atoms with van der Waals surface area (Å²) in [5.41, 5.74) is 0.980. The van der Waals surface area contributed by atoms with Gasteiger partial charge in [-0.2, -0.15) is 4.98 Å². The smallest absolute Gasteiger partial charge is 0.233 e. The van der Waals surface area contributed by atoms with Crippen molar-refractivity contribution >= 4 is 23.4 Å². The second-order valence-electron chi connectivity index (χ2n) is 6.42. The maximum absolute atomic E-state index is 13.4. The summed E-state index contributed by atoms with van der Waals surface area (Å²) in [6.07, 6.45) is 3.82. The fraction of sp³-hybridized carbons (Fsp3) is 0.381. The summed E-state index contributed by atoms with van der Waals surface area (Å²) in [7, 11) is 1.72. The van der Waals surface area contributed by atoms with Gasteiger partial charge in [0.15, 0.2) is 11.6 Å². The fourth-order valence-corrected chi connectivity index (χ4v) is 2.40. The van der Waals surface area contributed by atoms with Crippen molar-refractivity contribution in [2.75, 3.05) is 37.3 Å². The predicted molar refractivity (Wildman–Crippen MR) is 114 cm³/mol. The fourth-order valence-electron chi connectivity index (χ4n) is 2.40. The van der Waals surface area contributed by atoms with E-state index in [2.05, 4.69) is 43.1 Å². The quantitative estimate of drug-likeness (QED) is 0.352. The summed E-state index contributed by atoms with van der Waals surface area (Å²) in [5.74, 6) is 5.00. The summed E-state index contributed by atoms with van der Waals surface area (Å²) in [4.78, 5) is 20.0. The number of halogens is 2. The lowest BCUT2D eigenvalue weighted by molar-refractivity contribution is -0.120. The number of nitrogens with one attached hydrogen (secondary N) is 4. The molecule has 1 aromatic heterocycles. The molecule has 0 fully saturated rings. The lowest BCUT2D eigenvalue weighted by Crippen LogP contribution is -2.32. The highest BCUT2D eigenvalue weighted by molar-refractivity contribution is 5.77. The molecule has 0 saturated heterocycles. The number of benzene rings is 1. The van der Waals surface area contributed by atoms with E-state index < -0.39 is 11.6 Å². The Morgan fingerprint density at radius 3 is 2.77 bits per heavy atom. The SMILES string of the molecule is CCCNc1nc(Nc2ccc(F)c(F)c2)ncc1C#CCCCNC(=O)CNC. The van der Waals surface area contributed by atoms with Crippen molar-refractivity contribution < 1.29 is 13.6 Å². The summed E-state index contributed by atoms with van der Waals surface area (Å²) in [5, 5.41) is 11.6. The van der Waals surface area contributed by atoms with E-state index in [0.717, 1.165) is 25.0 Å². The van der Waals surface area contributed by atoms with E-state index in [1.165, 1.54) is 6.07 Å². The van der Waals surface area contributed by atoms with Gasteiger partial charge in [-0.25, -0.2) is 13.8 Å². The minimum Gasteiger partial charge on any atom is -0.369 e. The van der Waals surface area contributed by atoms with Crippen LogP contribution in [0.1, 0.15) is 31.7 Å². The van der Waals surface area contributed by atoms with E-state index in [4.69, 9.17) is 0 Å². The van der Waals surface area contributed by atoms with Crippen molar-refractivity contribution in [1.29, 1.82) is 0 Å². The molecule has 0 aliphatic heterocycles. The molecular formula is C21H26F2N6O. The number of carbonyl (C=O) groups excluding carboxylic acids is 1. The van der Waals surface area contributed by atoms with Crippen LogP contribution in [0.4, 0.5) is 26.2 Å². The van der Waals surface area contributed by atoms with E-state index in [1.54, 1.807) is 13.2 Å². The van der Waals surface area contributed by atoms with Crippen LogP contribution in [0.15, 0.2) is 24.4 Å². The first-order valence-corrected chi connectivity index (χ1v) is 9.76. The summed E-state index contributed by atoms with van der Waals surface area (Å²) >= 11 is 0. The predicted octanol–water partition coefficient (Wildman–Crippen LogP) is 2.79. The molecule has 0 spiro atoms. The van der Waals surface area contributed by atoms with Crippen molar-refractivity contribution in [2.24, 2.45) is 0 Å². The molecule has 2 aromatic rings. The molecule has 1 aromatic carbocycles. The zero-order valence-electron chi connectivity index (χ0n) is 17.1. The largest absolute Gasteiger partial charge is 0.369 e. The molecule has 0 aliphatic carbocycles. The number of rotatable bonds is 10. The molecular weight excluding hydrogens is 390 g/mol. The van der Waals surface area contributed by atoms with Gasteiger partial charge in [0.1, 0.15) is 5.82 Å². The van der Waals surface area contributed by atoms with Gasteiger partial charge in [-0.15, -0.1) is 0 Å². The first-order chi connectivity index (χ1) is 14.5. The van der Waals surface area contributed by atoms with Gasteiger partial charge < -0.3 is 21.3 Å². The lowest BCUT2D eigenvalue weighted by atomic mass is 10.2. The van der Waals surface area contributed by atoms with Crippen molar-refractivity contribution in [3.63, 3.8) is 0 Å². The number of hydrogen-bond acceptors (Lipinski definition) is 6. The second kappa shape index (κ2) is 12.3. The number of aromatic nitrogens is 2. The number of amides is 1. The Balaban J connectivity index is 2.01. The van der Waals surface area contributed by atoms with Crippen LogP contribution < -0.4 is 21.3 Å². The standard InChI is InChI=1S/C21H26F2N6O/c1-3-10-26-20-15(7-5-4-6-11-25-19(30)14-24-2)13-27-21(29-20)28-16-8-9-17(22)18(23)12-16/h8-9,12-13,24H,3-4,6,10-11,14H2,1-2H3,(H,25,30)(H2,26,27,28,29). The maximum atomic E-state index is 13.4. The van der Waals surface area contributed by atoms with Gasteiger partial charge in [0.05, 0.1) is 18.3 Å². The molecule has 30 heavy (non-hydrogen) atoms. The molecule has 1 heterocycles. The van der Waals surface area contributed by atoms with Crippen LogP contribution in [0, 0.1) is 23.5 Å². The molecule has 0 aliphatic rings. The highest BCUT2D eigenvalue weighted by Crippen LogP contribution is 2.19. The zero-order valence-corrected chi connectivity index (χ0v) is 17.1. The maximum Gasteiger partial charge on any atom is 0.233 e. The molecule has 9 heteroatoms. The molecule has 2 rings (SSSR count).